The predicted octanol–water partition coefficient (Wildman–Crippen LogP) is 1.61. The molecule has 0 fully saturated rings. The van der Waals surface area contributed by atoms with Gasteiger partial charge in [-0.3, -0.25) is 9.36 Å². The van der Waals surface area contributed by atoms with Crippen molar-refractivity contribution in [3.63, 3.8) is 0 Å². The maximum absolute atomic E-state index is 12.0. The van der Waals surface area contributed by atoms with Gasteiger partial charge in [-0.1, -0.05) is 6.07 Å². The Morgan fingerprint density at radius 1 is 1.44 bits per heavy atom. The number of halogens is 1. The first-order valence-electron chi connectivity index (χ1n) is 5.33. The fourth-order valence-electron chi connectivity index (χ4n) is 1.49. The molecule has 2 aromatic rings. The average Bonchev–Trinajstić information content (AvgIpc) is 2.40. The van der Waals surface area contributed by atoms with Gasteiger partial charge in [-0.05, 0) is 35.6 Å². The third-order valence-electron chi connectivity index (χ3n) is 2.48. The van der Waals surface area contributed by atoms with Crippen LogP contribution in [0.5, 0.6) is 5.88 Å². The molecule has 0 saturated heterocycles. The Kier molecular flexibility index (Phi) is 3.95. The van der Waals surface area contributed by atoms with Crippen LogP contribution in [0.4, 0.5) is 0 Å². The van der Waals surface area contributed by atoms with Crippen LogP contribution in [0.2, 0.25) is 0 Å². The first-order chi connectivity index (χ1) is 8.61. The smallest absolute Gasteiger partial charge is 0.267 e. The maximum Gasteiger partial charge on any atom is 0.267 e. The number of rotatable bonds is 3. The highest BCUT2D eigenvalue weighted by atomic mass is 127. The third-order valence-corrected chi connectivity index (χ3v) is 3.72. The van der Waals surface area contributed by atoms with Crippen molar-refractivity contribution in [2.75, 3.05) is 7.11 Å². The number of aromatic nitrogens is 3. The second-order valence-electron chi connectivity index (χ2n) is 3.75. The molecule has 2 heterocycles. The van der Waals surface area contributed by atoms with E-state index in [-0.39, 0.29) is 5.56 Å². The van der Waals surface area contributed by atoms with E-state index in [1.807, 2.05) is 41.6 Å². The fraction of sp³-hybridized carbons (Fsp3) is 0.250. The maximum atomic E-state index is 12.0. The van der Waals surface area contributed by atoms with Crippen molar-refractivity contribution < 1.29 is 4.74 Å². The zero-order valence-electron chi connectivity index (χ0n) is 10.1. The van der Waals surface area contributed by atoms with Gasteiger partial charge in [-0.25, -0.2) is 9.97 Å². The Bertz CT molecular complexity index is 625. The molecule has 0 radical (unpaired) electrons. The molecule has 0 unspecified atom stereocenters. The van der Waals surface area contributed by atoms with E-state index in [0.29, 0.717) is 16.0 Å². The molecule has 0 atom stereocenters. The highest BCUT2D eigenvalue weighted by Gasteiger charge is 2.06. The molecule has 0 bridgehead atoms. The van der Waals surface area contributed by atoms with Crippen LogP contribution in [0.25, 0.3) is 0 Å². The van der Waals surface area contributed by atoms with E-state index in [9.17, 15) is 4.79 Å². The van der Waals surface area contributed by atoms with Gasteiger partial charge in [0.15, 0.2) is 0 Å². The van der Waals surface area contributed by atoms with E-state index in [4.69, 9.17) is 4.74 Å². The Morgan fingerprint density at radius 3 is 2.94 bits per heavy atom. The van der Waals surface area contributed by atoms with E-state index in [0.717, 1.165) is 11.4 Å². The summed E-state index contributed by atoms with van der Waals surface area (Å²) in [6, 6.07) is 5.46. The summed E-state index contributed by atoms with van der Waals surface area (Å²) in [5, 5.41) is 0. The molecule has 0 aliphatic carbocycles. The number of hydrogen-bond donors (Lipinski definition) is 0. The minimum Gasteiger partial charge on any atom is -0.481 e. The van der Waals surface area contributed by atoms with Crippen molar-refractivity contribution in [3.05, 3.63) is 49.8 Å². The molecule has 18 heavy (non-hydrogen) atoms. The van der Waals surface area contributed by atoms with Crippen LogP contribution >= 0.6 is 22.6 Å². The number of methoxy groups -OCH3 is 1. The lowest BCUT2D eigenvalue weighted by Gasteiger charge is -2.07. The van der Waals surface area contributed by atoms with Crippen LogP contribution in [-0.4, -0.2) is 21.6 Å². The molecule has 0 amide bonds. The predicted molar refractivity (Wildman–Crippen MR) is 75.8 cm³/mol. The number of aryl methyl sites for hydroxylation is 1. The molecule has 0 aliphatic rings. The lowest BCUT2D eigenvalue weighted by atomic mass is 10.3. The van der Waals surface area contributed by atoms with Gasteiger partial charge in [0, 0.05) is 6.07 Å². The van der Waals surface area contributed by atoms with Crippen LogP contribution < -0.4 is 10.3 Å². The highest BCUT2D eigenvalue weighted by molar-refractivity contribution is 14.1. The summed E-state index contributed by atoms with van der Waals surface area (Å²) in [7, 11) is 1.56. The molecule has 0 N–H and O–H groups in total. The molecule has 94 valence electrons. The summed E-state index contributed by atoms with van der Waals surface area (Å²) >= 11 is 2.01. The second kappa shape index (κ2) is 5.47. The van der Waals surface area contributed by atoms with Gasteiger partial charge in [-0.15, -0.1) is 0 Å². The lowest BCUT2D eigenvalue weighted by Crippen LogP contribution is -2.24. The molecule has 0 aromatic carbocycles. The van der Waals surface area contributed by atoms with Crippen LogP contribution in [0.3, 0.4) is 0 Å². The van der Waals surface area contributed by atoms with Crippen molar-refractivity contribution in [2.45, 2.75) is 13.5 Å². The summed E-state index contributed by atoms with van der Waals surface area (Å²) in [6.07, 6.45) is 1.54. The fourth-order valence-corrected chi connectivity index (χ4v) is 1.94. The number of pyridine rings is 1. The van der Waals surface area contributed by atoms with Crippen molar-refractivity contribution in [3.8, 4) is 5.88 Å². The van der Waals surface area contributed by atoms with Gasteiger partial charge >= 0.3 is 0 Å². The molecule has 2 rings (SSSR count). The van der Waals surface area contributed by atoms with Crippen LogP contribution in [0.1, 0.15) is 11.4 Å². The molecular weight excluding hydrogens is 345 g/mol. The van der Waals surface area contributed by atoms with Gasteiger partial charge in [-0.2, -0.15) is 0 Å². The summed E-state index contributed by atoms with van der Waals surface area (Å²) in [4.78, 5) is 20.4. The third kappa shape index (κ3) is 2.69. The van der Waals surface area contributed by atoms with Crippen molar-refractivity contribution in [1.82, 2.24) is 14.5 Å². The molecule has 5 nitrogen and oxygen atoms in total. The van der Waals surface area contributed by atoms with Gasteiger partial charge < -0.3 is 4.74 Å². The van der Waals surface area contributed by atoms with Crippen LogP contribution in [0.15, 0.2) is 29.3 Å². The number of hydrogen-bond acceptors (Lipinski definition) is 4. The summed E-state index contributed by atoms with van der Waals surface area (Å²) in [6.45, 7) is 2.20. The first-order valence-corrected chi connectivity index (χ1v) is 6.41. The van der Waals surface area contributed by atoms with Crippen molar-refractivity contribution in [2.24, 2.45) is 0 Å². The van der Waals surface area contributed by atoms with Gasteiger partial charge in [0.1, 0.15) is 0 Å². The Balaban J connectivity index is 2.34. The molecule has 0 spiro atoms. The number of ether oxygens (including phenoxy) is 1. The molecule has 2 aromatic heterocycles. The van der Waals surface area contributed by atoms with E-state index >= 15 is 0 Å². The van der Waals surface area contributed by atoms with E-state index < -0.39 is 0 Å². The SMILES string of the molecule is COc1cccc(Cn2cnc(C)c(I)c2=O)n1. The van der Waals surface area contributed by atoms with Crippen molar-refractivity contribution in [1.29, 1.82) is 0 Å². The van der Waals surface area contributed by atoms with Gasteiger partial charge in [0.25, 0.3) is 5.56 Å². The van der Waals surface area contributed by atoms with Crippen LogP contribution in [0, 0.1) is 10.5 Å². The summed E-state index contributed by atoms with van der Waals surface area (Å²) in [5.74, 6) is 0.537. The molecule has 6 heteroatoms. The monoisotopic (exact) mass is 357 g/mol. The Morgan fingerprint density at radius 2 is 2.22 bits per heavy atom. The number of nitrogens with zero attached hydrogens (tertiary/aromatic N) is 3. The topological polar surface area (TPSA) is 57.0 Å². The van der Waals surface area contributed by atoms with Gasteiger partial charge in [0.2, 0.25) is 5.88 Å². The summed E-state index contributed by atoms with van der Waals surface area (Å²) < 4.78 is 7.23. The highest BCUT2D eigenvalue weighted by Crippen LogP contribution is 2.08. The second-order valence-corrected chi connectivity index (χ2v) is 4.83. The first kappa shape index (κ1) is 13.0. The average molecular weight is 357 g/mol. The minimum absolute atomic E-state index is 0.0484. The van der Waals surface area contributed by atoms with E-state index in [2.05, 4.69) is 9.97 Å². The summed E-state index contributed by atoms with van der Waals surface area (Å²) in [5.41, 5.74) is 1.46. The van der Waals surface area contributed by atoms with Gasteiger partial charge in [0.05, 0.1) is 34.9 Å². The van der Waals surface area contributed by atoms with Crippen molar-refractivity contribution >= 4 is 22.6 Å². The normalized spacial score (nSPS) is 10.4. The zero-order valence-corrected chi connectivity index (χ0v) is 12.2. The van der Waals surface area contributed by atoms with Crippen LogP contribution in [-0.2, 0) is 6.54 Å². The lowest BCUT2D eigenvalue weighted by molar-refractivity contribution is 0.395. The van der Waals surface area contributed by atoms with E-state index in [1.165, 1.54) is 4.57 Å². The molecular formula is C12H12IN3O2. The zero-order chi connectivity index (χ0) is 13.1. The van der Waals surface area contributed by atoms with E-state index in [1.54, 1.807) is 19.5 Å². The Hall–Kier alpha value is -1.44. The standard InChI is InChI=1S/C12H12IN3O2/c1-8-11(13)12(17)16(7-14-8)6-9-4-3-5-10(15-9)18-2/h3-5,7H,6H2,1-2H3. The largest absolute Gasteiger partial charge is 0.481 e. The quantitative estimate of drug-likeness (QED) is 0.784. The Labute approximate surface area is 118 Å². The molecule has 0 saturated carbocycles. The minimum atomic E-state index is -0.0484. The molecule has 0 aliphatic heterocycles.